The van der Waals surface area contributed by atoms with E-state index in [-0.39, 0.29) is 0 Å². The Labute approximate surface area is 144 Å². The summed E-state index contributed by atoms with van der Waals surface area (Å²) in [7, 11) is 3.23. The van der Waals surface area contributed by atoms with E-state index < -0.39 is 0 Å². The molecule has 0 unspecified atom stereocenters. The third-order valence-corrected chi connectivity index (χ3v) is 3.89. The number of benzene rings is 2. The maximum absolute atomic E-state index is 5.36. The molecule has 4 nitrogen and oxygen atoms in total. The average Bonchev–Trinajstić information content (AvgIpc) is 2.50. The number of hydrogen-bond acceptors (Lipinski definition) is 3. The molecule has 0 saturated carbocycles. The van der Waals surface area contributed by atoms with Crippen LogP contribution in [0.3, 0.4) is 0 Å². The van der Waals surface area contributed by atoms with Crippen molar-refractivity contribution >= 4 is 44.6 Å². The van der Waals surface area contributed by atoms with Crippen molar-refractivity contribution in [2.24, 2.45) is 0 Å². The summed E-state index contributed by atoms with van der Waals surface area (Å²) in [6.07, 6.45) is 0. The Balaban J connectivity index is 2.14. The lowest BCUT2D eigenvalue weighted by atomic mass is 10.2. The van der Waals surface area contributed by atoms with Gasteiger partial charge >= 0.3 is 0 Å². The Bertz CT molecular complexity index is 692. The van der Waals surface area contributed by atoms with Gasteiger partial charge in [0.1, 0.15) is 11.5 Å². The van der Waals surface area contributed by atoms with Gasteiger partial charge in [0.2, 0.25) is 0 Å². The molecule has 2 N–H and O–H groups in total. The van der Waals surface area contributed by atoms with Crippen LogP contribution in [0.2, 0.25) is 0 Å². The fraction of sp³-hybridized carbons (Fsp3) is 0.188. The first-order valence-electron chi connectivity index (χ1n) is 6.59. The summed E-state index contributed by atoms with van der Waals surface area (Å²) in [5.74, 6) is 1.41. The minimum absolute atomic E-state index is 0.469. The molecule has 0 aliphatic heterocycles. The van der Waals surface area contributed by atoms with E-state index in [1.54, 1.807) is 14.2 Å². The van der Waals surface area contributed by atoms with Gasteiger partial charge in [-0.1, -0.05) is 6.07 Å². The number of methoxy groups -OCH3 is 2. The van der Waals surface area contributed by atoms with E-state index in [1.807, 2.05) is 43.3 Å². The van der Waals surface area contributed by atoms with Gasteiger partial charge in [0.15, 0.2) is 5.11 Å². The number of rotatable bonds is 4. The minimum atomic E-state index is 0.469. The van der Waals surface area contributed by atoms with Crippen LogP contribution >= 0.6 is 28.1 Å². The summed E-state index contributed by atoms with van der Waals surface area (Å²) in [6, 6.07) is 11.5. The lowest BCUT2D eigenvalue weighted by Crippen LogP contribution is -2.19. The molecule has 0 spiro atoms. The highest BCUT2D eigenvalue weighted by atomic mass is 79.9. The molecule has 6 heteroatoms. The van der Waals surface area contributed by atoms with Crippen LogP contribution < -0.4 is 20.1 Å². The Morgan fingerprint density at radius 1 is 1.00 bits per heavy atom. The molecule has 0 bridgehead atoms. The van der Waals surface area contributed by atoms with Gasteiger partial charge in [-0.15, -0.1) is 0 Å². The highest BCUT2D eigenvalue weighted by Crippen LogP contribution is 2.29. The number of aryl methyl sites for hydroxylation is 1. The second-order valence-electron chi connectivity index (χ2n) is 4.63. The molecular formula is C16H17BrN2O2S. The molecule has 0 aliphatic carbocycles. The predicted octanol–water partition coefficient (Wildman–Crippen LogP) is 4.58. The first-order chi connectivity index (χ1) is 10.5. The van der Waals surface area contributed by atoms with E-state index in [1.165, 1.54) is 5.56 Å². The van der Waals surface area contributed by atoms with E-state index in [2.05, 4.69) is 26.6 Å². The SMILES string of the molecule is COc1ccc(OC)c(NC(=S)Nc2ccc(C)cc2Br)c1. The normalized spacial score (nSPS) is 10.0. The van der Waals surface area contributed by atoms with E-state index in [0.717, 1.165) is 21.6 Å². The molecule has 0 aromatic heterocycles. The van der Waals surface area contributed by atoms with Crippen molar-refractivity contribution in [1.82, 2.24) is 0 Å². The molecule has 2 aromatic carbocycles. The molecule has 0 atom stereocenters. The van der Waals surface area contributed by atoms with Gasteiger partial charge in [0, 0.05) is 10.5 Å². The topological polar surface area (TPSA) is 42.5 Å². The Morgan fingerprint density at radius 2 is 1.73 bits per heavy atom. The number of anilines is 2. The highest BCUT2D eigenvalue weighted by Gasteiger charge is 2.08. The third-order valence-electron chi connectivity index (χ3n) is 3.03. The van der Waals surface area contributed by atoms with E-state index in [0.29, 0.717) is 10.9 Å². The molecule has 0 saturated heterocycles. The largest absolute Gasteiger partial charge is 0.497 e. The molecule has 0 heterocycles. The van der Waals surface area contributed by atoms with Crippen LogP contribution in [0.25, 0.3) is 0 Å². The van der Waals surface area contributed by atoms with Crippen molar-refractivity contribution in [3.63, 3.8) is 0 Å². The summed E-state index contributed by atoms with van der Waals surface area (Å²) < 4.78 is 11.5. The smallest absolute Gasteiger partial charge is 0.175 e. The van der Waals surface area contributed by atoms with Gasteiger partial charge < -0.3 is 20.1 Å². The molecular weight excluding hydrogens is 364 g/mol. The second kappa shape index (κ2) is 7.47. The fourth-order valence-corrected chi connectivity index (χ4v) is 2.72. The van der Waals surface area contributed by atoms with E-state index in [9.17, 15) is 0 Å². The zero-order chi connectivity index (χ0) is 16.1. The minimum Gasteiger partial charge on any atom is -0.497 e. The van der Waals surface area contributed by atoms with Crippen LogP contribution in [0.5, 0.6) is 11.5 Å². The van der Waals surface area contributed by atoms with Crippen molar-refractivity contribution < 1.29 is 9.47 Å². The van der Waals surface area contributed by atoms with E-state index >= 15 is 0 Å². The van der Waals surface area contributed by atoms with Gasteiger partial charge in [-0.05, 0) is 64.9 Å². The summed E-state index contributed by atoms with van der Waals surface area (Å²) in [4.78, 5) is 0. The first kappa shape index (κ1) is 16.6. The maximum Gasteiger partial charge on any atom is 0.175 e. The summed E-state index contributed by atoms with van der Waals surface area (Å²) >= 11 is 8.88. The second-order valence-corrected chi connectivity index (χ2v) is 5.89. The summed E-state index contributed by atoms with van der Waals surface area (Å²) in [5.41, 5.74) is 2.80. The van der Waals surface area contributed by atoms with Gasteiger partial charge in [-0.25, -0.2) is 0 Å². The molecule has 2 rings (SSSR count). The molecule has 0 fully saturated rings. The first-order valence-corrected chi connectivity index (χ1v) is 7.80. The van der Waals surface area contributed by atoms with Crippen LogP contribution in [0.1, 0.15) is 5.56 Å². The van der Waals surface area contributed by atoms with Crippen molar-refractivity contribution in [2.75, 3.05) is 24.9 Å². The number of nitrogens with one attached hydrogen (secondary N) is 2. The number of hydrogen-bond donors (Lipinski definition) is 2. The Hall–Kier alpha value is -1.79. The lowest BCUT2D eigenvalue weighted by Gasteiger charge is -2.15. The number of halogens is 1. The quantitative estimate of drug-likeness (QED) is 0.759. The van der Waals surface area contributed by atoms with Crippen molar-refractivity contribution in [2.45, 2.75) is 6.92 Å². The standard InChI is InChI=1S/C16H17BrN2O2S/c1-10-4-6-13(12(17)8-10)18-16(22)19-14-9-11(20-2)5-7-15(14)21-3/h4-9H,1-3H3,(H2,18,19,22). The molecule has 2 aromatic rings. The number of thiocarbonyl (C=S) groups is 1. The van der Waals surface area contributed by atoms with Gasteiger partial charge in [0.05, 0.1) is 25.6 Å². The Morgan fingerprint density at radius 3 is 2.36 bits per heavy atom. The zero-order valence-corrected chi connectivity index (χ0v) is 15.0. The van der Waals surface area contributed by atoms with Gasteiger partial charge in [-0.3, -0.25) is 0 Å². The highest BCUT2D eigenvalue weighted by molar-refractivity contribution is 9.10. The fourth-order valence-electron chi connectivity index (χ4n) is 1.91. The van der Waals surface area contributed by atoms with Crippen LogP contribution in [-0.4, -0.2) is 19.3 Å². The third kappa shape index (κ3) is 4.11. The summed E-state index contributed by atoms with van der Waals surface area (Å²) in [6.45, 7) is 2.03. The van der Waals surface area contributed by atoms with Crippen LogP contribution in [0.4, 0.5) is 11.4 Å². The van der Waals surface area contributed by atoms with Crippen molar-refractivity contribution in [3.8, 4) is 11.5 Å². The number of ether oxygens (including phenoxy) is 2. The molecule has 116 valence electrons. The van der Waals surface area contributed by atoms with Gasteiger partial charge in [0.25, 0.3) is 0 Å². The van der Waals surface area contributed by atoms with Crippen molar-refractivity contribution in [1.29, 1.82) is 0 Å². The van der Waals surface area contributed by atoms with Crippen LogP contribution in [0, 0.1) is 6.92 Å². The summed E-state index contributed by atoms with van der Waals surface area (Å²) in [5, 5.41) is 6.74. The van der Waals surface area contributed by atoms with Crippen LogP contribution in [-0.2, 0) is 0 Å². The maximum atomic E-state index is 5.36. The Kier molecular flexibility index (Phi) is 5.63. The lowest BCUT2D eigenvalue weighted by molar-refractivity contribution is 0.405. The van der Waals surface area contributed by atoms with Gasteiger partial charge in [-0.2, -0.15) is 0 Å². The van der Waals surface area contributed by atoms with Crippen molar-refractivity contribution in [3.05, 3.63) is 46.4 Å². The average molecular weight is 381 g/mol. The molecule has 0 aliphatic rings. The molecule has 22 heavy (non-hydrogen) atoms. The van der Waals surface area contributed by atoms with E-state index in [4.69, 9.17) is 21.7 Å². The molecule has 0 radical (unpaired) electrons. The monoisotopic (exact) mass is 380 g/mol. The molecule has 0 amide bonds. The van der Waals surface area contributed by atoms with Crippen LogP contribution in [0.15, 0.2) is 40.9 Å². The predicted molar refractivity (Wildman–Crippen MR) is 98.3 cm³/mol. The zero-order valence-electron chi connectivity index (χ0n) is 12.6.